The third kappa shape index (κ3) is 5.99. The van der Waals surface area contributed by atoms with Crippen LogP contribution in [0.4, 0.5) is 4.39 Å². The van der Waals surface area contributed by atoms with Crippen LogP contribution in [-0.2, 0) is 21.4 Å². The summed E-state index contributed by atoms with van der Waals surface area (Å²) in [5.74, 6) is -0.264. The van der Waals surface area contributed by atoms with Gasteiger partial charge < -0.3 is 9.64 Å². The topological polar surface area (TPSA) is 79.8 Å². The first kappa shape index (κ1) is 24.5. The van der Waals surface area contributed by atoms with Crippen LogP contribution in [-0.4, -0.2) is 61.0 Å². The van der Waals surface area contributed by atoms with E-state index in [0.29, 0.717) is 30.2 Å². The van der Waals surface area contributed by atoms with Gasteiger partial charge in [-0.1, -0.05) is 24.2 Å². The smallest absolute Gasteiger partial charge is 0.244 e. The Balaban J connectivity index is 1.58. The first-order valence-corrected chi connectivity index (χ1v) is 13.0. The maximum atomic E-state index is 13.9. The largest absolute Gasteiger partial charge is 0.494 e. The Morgan fingerprint density at radius 1 is 1.22 bits per heavy atom. The van der Waals surface area contributed by atoms with Gasteiger partial charge in [-0.2, -0.15) is 4.31 Å². The quantitative estimate of drug-likeness (QED) is 0.510. The van der Waals surface area contributed by atoms with Crippen molar-refractivity contribution in [2.75, 3.05) is 32.5 Å². The van der Waals surface area contributed by atoms with Crippen molar-refractivity contribution in [1.82, 2.24) is 14.2 Å². The number of carbonyl (C=O) groups excluding carboxylic acids is 1. The van der Waals surface area contributed by atoms with Gasteiger partial charge >= 0.3 is 0 Å². The van der Waals surface area contributed by atoms with Crippen molar-refractivity contribution in [3.05, 3.63) is 47.9 Å². The Morgan fingerprint density at radius 2 is 1.97 bits per heavy atom. The Hall–Kier alpha value is -2.17. The Bertz CT molecular complexity index is 1030. The summed E-state index contributed by atoms with van der Waals surface area (Å²) in [5, 5.41) is 0.572. The summed E-state index contributed by atoms with van der Waals surface area (Å²) in [6, 6.07) is 7.81. The van der Waals surface area contributed by atoms with E-state index in [1.54, 1.807) is 29.2 Å². The number of pyridine rings is 1. The van der Waals surface area contributed by atoms with E-state index in [1.807, 2.05) is 6.92 Å². The molecule has 1 aromatic heterocycles. The minimum absolute atomic E-state index is 0.111. The SMILES string of the molecule is CCN(Cc1ccc(OC)c(F)c1)C(=O)CSc1ccc(S(=O)(=O)N2CCCCC2)cn1. The van der Waals surface area contributed by atoms with Crippen LogP contribution in [0.15, 0.2) is 46.5 Å². The molecule has 7 nitrogen and oxygen atoms in total. The van der Waals surface area contributed by atoms with Gasteiger partial charge in [0.2, 0.25) is 15.9 Å². The van der Waals surface area contributed by atoms with E-state index >= 15 is 0 Å². The van der Waals surface area contributed by atoms with Crippen molar-refractivity contribution in [1.29, 1.82) is 0 Å². The fourth-order valence-electron chi connectivity index (χ4n) is 3.49. The average Bonchev–Trinajstić information content (AvgIpc) is 2.82. The van der Waals surface area contributed by atoms with E-state index in [0.717, 1.165) is 19.3 Å². The Morgan fingerprint density at radius 3 is 2.56 bits per heavy atom. The van der Waals surface area contributed by atoms with Gasteiger partial charge in [0.15, 0.2) is 11.6 Å². The predicted octanol–water partition coefficient (Wildman–Crippen LogP) is 3.54. The highest BCUT2D eigenvalue weighted by molar-refractivity contribution is 7.99. The minimum Gasteiger partial charge on any atom is -0.494 e. The summed E-state index contributed by atoms with van der Waals surface area (Å²) in [6.07, 6.45) is 4.16. The number of piperidine rings is 1. The van der Waals surface area contributed by atoms with Crippen LogP contribution in [0.2, 0.25) is 0 Å². The number of hydrogen-bond donors (Lipinski definition) is 0. The zero-order valence-corrected chi connectivity index (χ0v) is 19.9. The van der Waals surface area contributed by atoms with Gasteiger partial charge in [0.05, 0.1) is 17.9 Å². The number of benzene rings is 1. The normalized spacial score (nSPS) is 14.8. The molecule has 1 aromatic carbocycles. The summed E-state index contributed by atoms with van der Waals surface area (Å²) in [6.45, 7) is 3.71. The second-order valence-electron chi connectivity index (χ2n) is 7.46. The van der Waals surface area contributed by atoms with Gasteiger partial charge in [0.1, 0.15) is 4.90 Å². The van der Waals surface area contributed by atoms with Crippen LogP contribution in [0, 0.1) is 5.82 Å². The number of methoxy groups -OCH3 is 1. The maximum Gasteiger partial charge on any atom is 0.244 e. The summed E-state index contributed by atoms with van der Waals surface area (Å²) < 4.78 is 45.8. The van der Waals surface area contributed by atoms with Crippen LogP contribution in [0.5, 0.6) is 5.75 Å². The highest BCUT2D eigenvalue weighted by atomic mass is 32.2. The number of thioether (sulfide) groups is 1. The van der Waals surface area contributed by atoms with Gasteiger partial charge in [-0.25, -0.2) is 17.8 Å². The number of amides is 1. The molecule has 0 saturated carbocycles. The van der Waals surface area contributed by atoms with Crippen molar-refractivity contribution >= 4 is 27.7 Å². The molecule has 0 spiro atoms. The molecule has 2 aromatic rings. The molecule has 1 aliphatic heterocycles. The fourth-order valence-corrected chi connectivity index (χ4v) is 5.70. The van der Waals surface area contributed by atoms with E-state index in [2.05, 4.69) is 4.98 Å². The van der Waals surface area contributed by atoms with Crippen LogP contribution in [0.3, 0.4) is 0 Å². The summed E-state index contributed by atoms with van der Waals surface area (Å²) in [5.41, 5.74) is 0.675. The lowest BCUT2D eigenvalue weighted by atomic mass is 10.2. The molecular formula is C22H28FN3O4S2. The number of nitrogens with zero attached hydrogens (tertiary/aromatic N) is 3. The van der Waals surface area contributed by atoms with E-state index in [4.69, 9.17) is 4.74 Å². The molecule has 1 saturated heterocycles. The van der Waals surface area contributed by atoms with Crippen LogP contribution < -0.4 is 4.74 Å². The van der Waals surface area contributed by atoms with Crippen LogP contribution >= 0.6 is 11.8 Å². The minimum atomic E-state index is -3.52. The fraction of sp³-hybridized carbons (Fsp3) is 0.455. The molecule has 32 heavy (non-hydrogen) atoms. The van der Waals surface area contributed by atoms with Crippen molar-refractivity contribution < 1.29 is 22.3 Å². The van der Waals surface area contributed by atoms with Crippen molar-refractivity contribution in [2.24, 2.45) is 0 Å². The van der Waals surface area contributed by atoms with Crippen molar-refractivity contribution in [2.45, 2.75) is 42.7 Å². The van der Waals surface area contributed by atoms with Gasteiger partial charge in [0, 0.05) is 32.4 Å². The van der Waals surface area contributed by atoms with E-state index < -0.39 is 15.8 Å². The molecule has 0 aliphatic carbocycles. The lowest BCUT2D eigenvalue weighted by molar-refractivity contribution is -0.128. The van der Waals surface area contributed by atoms with Crippen molar-refractivity contribution in [3.63, 3.8) is 0 Å². The van der Waals surface area contributed by atoms with E-state index in [1.165, 1.54) is 35.4 Å². The number of carbonyl (C=O) groups is 1. The molecule has 0 N–H and O–H groups in total. The highest BCUT2D eigenvalue weighted by Crippen LogP contribution is 2.23. The van der Waals surface area contributed by atoms with E-state index in [9.17, 15) is 17.6 Å². The summed E-state index contributed by atoms with van der Waals surface area (Å²) >= 11 is 1.24. The molecular weight excluding hydrogens is 453 g/mol. The molecule has 3 rings (SSSR count). The van der Waals surface area contributed by atoms with E-state index in [-0.39, 0.29) is 28.8 Å². The average molecular weight is 482 g/mol. The van der Waals surface area contributed by atoms with Gasteiger partial charge in [0.25, 0.3) is 0 Å². The highest BCUT2D eigenvalue weighted by Gasteiger charge is 2.26. The maximum absolute atomic E-state index is 13.9. The van der Waals surface area contributed by atoms with Crippen molar-refractivity contribution in [3.8, 4) is 5.75 Å². The van der Waals surface area contributed by atoms with Gasteiger partial charge in [-0.3, -0.25) is 4.79 Å². The Kier molecular flexibility index (Phi) is 8.50. The lowest BCUT2D eigenvalue weighted by Gasteiger charge is -2.25. The molecule has 0 unspecified atom stereocenters. The number of aromatic nitrogens is 1. The molecule has 174 valence electrons. The monoisotopic (exact) mass is 481 g/mol. The molecule has 2 heterocycles. The lowest BCUT2D eigenvalue weighted by Crippen LogP contribution is -2.35. The molecule has 10 heteroatoms. The number of sulfonamides is 1. The number of halogens is 1. The zero-order valence-electron chi connectivity index (χ0n) is 18.3. The summed E-state index contributed by atoms with van der Waals surface area (Å²) in [7, 11) is -2.12. The second kappa shape index (κ2) is 11.1. The molecule has 0 atom stereocenters. The Labute approximate surface area is 193 Å². The van der Waals surface area contributed by atoms with Crippen LogP contribution in [0.1, 0.15) is 31.7 Å². The second-order valence-corrected chi connectivity index (χ2v) is 10.4. The van der Waals surface area contributed by atoms with Crippen LogP contribution in [0.25, 0.3) is 0 Å². The zero-order chi connectivity index (χ0) is 23.1. The first-order chi connectivity index (χ1) is 15.3. The third-order valence-electron chi connectivity index (χ3n) is 5.33. The number of ether oxygens (including phenoxy) is 1. The van der Waals surface area contributed by atoms with Gasteiger partial charge in [-0.05, 0) is 49.6 Å². The number of hydrogen-bond acceptors (Lipinski definition) is 6. The summed E-state index contributed by atoms with van der Waals surface area (Å²) in [4.78, 5) is 18.7. The first-order valence-electron chi connectivity index (χ1n) is 10.5. The molecule has 0 bridgehead atoms. The molecule has 1 fully saturated rings. The molecule has 1 amide bonds. The third-order valence-corrected chi connectivity index (χ3v) is 8.14. The standard InChI is InChI=1S/C22H28FN3O4S2/c1-3-25(15-17-7-9-20(30-2)19(23)13-17)22(27)16-31-21-10-8-18(14-24-21)32(28,29)26-11-5-4-6-12-26/h7-10,13-14H,3-6,11-12,15-16H2,1-2H3. The number of rotatable bonds is 9. The molecule has 1 aliphatic rings. The van der Waals surface area contributed by atoms with Gasteiger partial charge in [-0.15, -0.1) is 0 Å². The molecule has 0 radical (unpaired) electrons. The predicted molar refractivity (Wildman–Crippen MR) is 122 cm³/mol.